The number of carboxylic acids is 2. The normalized spacial score (nSPS) is 11.1. The number of nitrogens with zero attached hydrogens (tertiary/aromatic N) is 2. The molecular formula is C18H15F6N3O4. The van der Waals surface area contributed by atoms with Crippen molar-refractivity contribution in [3.05, 3.63) is 48.0 Å². The first-order valence-corrected chi connectivity index (χ1v) is 8.11. The van der Waals surface area contributed by atoms with Gasteiger partial charge in [0.15, 0.2) is 0 Å². The molecule has 0 saturated heterocycles. The molecule has 0 atom stereocenters. The first kappa shape index (κ1) is 25.4. The van der Waals surface area contributed by atoms with Crippen molar-refractivity contribution >= 4 is 22.8 Å². The van der Waals surface area contributed by atoms with Crippen molar-refractivity contribution in [3.8, 4) is 11.3 Å². The van der Waals surface area contributed by atoms with Crippen LogP contribution in [-0.4, -0.2) is 49.5 Å². The molecule has 0 fully saturated rings. The van der Waals surface area contributed by atoms with Crippen LogP contribution in [0.5, 0.6) is 0 Å². The molecule has 1 aromatic carbocycles. The molecule has 0 unspecified atom stereocenters. The Balaban J connectivity index is 0.000000288. The molecule has 13 heteroatoms. The summed E-state index contributed by atoms with van der Waals surface area (Å²) in [5.41, 5.74) is 4.25. The van der Waals surface area contributed by atoms with Gasteiger partial charge in [-0.1, -0.05) is 18.2 Å². The topological polar surface area (TPSA) is 116 Å². The molecule has 0 aliphatic rings. The number of nitrogens with one attached hydrogen (secondary N) is 1. The molecule has 168 valence electrons. The van der Waals surface area contributed by atoms with Crippen LogP contribution in [0, 0.1) is 13.8 Å². The molecule has 0 aliphatic carbocycles. The number of aromatic amines is 1. The number of pyridine rings is 1. The average Bonchev–Trinajstić information content (AvgIpc) is 3.06. The lowest BCUT2D eigenvalue weighted by molar-refractivity contribution is -0.193. The summed E-state index contributed by atoms with van der Waals surface area (Å²) in [7, 11) is 0. The van der Waals surface area contributed by atoms with E-state index in [1.54, 1.807) is 0 Å². The molecule has 0 saturated carbocycles. The first-order chi connectivity index (χ1) is 14.1. The first-order valence-electron chi connectivity index (χ1n) is 8.11. The number of hydrogen-bond donors (Lipinski definition) is 3. The molecule has 0 aliphatic heterocycles. The van der Waals surface area contributed by atoms with Gasteiger partial charge in [0.05, 0.1) is 17.4 Å². The molecule has 7 nitrogen and oxygen atoms in total. The zero-order valence-electron chi connectivity index (χ0n) is 15.8. The zero-order chi connectivity index (χ0) is 24.0. The largest absolute Gasteiger partial charge is 0.490 e. The van der Waals surface area contributed by atoms with Gasteiger partial charge in [0.25, 0.3) is 0 Å². The van der Waals surface area contributed by atoms with Gasteiger partial charge in [-0.2, -0.15) is 26.3 Å². The molecule has 31 heavy (non-hydrogen) atoms. The van der Waals surface area contributed by atoms with E-state index >= 15 is 0 Å². The highest BCUT2D eigenvalue weighted by Crippen LogP contribution is 2.26. The van der Waals surface area contributed by atoms with Crippen molar-refractivity contribution in [1.82, 2.24) is 15.0 Å². The van der Waals surface area contributed by atoms with Crippen LogP contribution in [0.15, 0.2) is 36.5 Å². The number of benzene rings is 1. The highest BCUT2D eigenvalue weighted by molar-refractivity contribution is 5.93. The van der Waals surface area contributed by atoms with Gasteiger partial charge in [-0.05, 0) is 26.0 Å². The maximum atomic E-state index is 10.6. The Labute approximate surface area is 170 Å². The summed E-state index contributed by atoms with van der Waals surface area (Å²) in [6.07, 6.45) is -8.30. The second-order valence-corrected chi connectivity index (χ2v) is 5.81. The van der Waals surface area contributed by atoms with Crippen molar-refractivity contribution in [3.63, 3.8) is 0 Å². The Hall–Kier alpha value is -3.64. The van der Waals surface area contributed by atoms with Crippen molar-refractivity contribution in [2.75, 3.05) is 0 Å². The number of imidazole rings is 1. The predicted octanol–water partition coefficient (Wildman–Crippen LogP) is 4.51. The second-order valence-electron chi connectivity index (χ2n) is 5.81. The van der Waals surface area contributed by atoms with Crippen LogP contribution in [0.2, 0.25) is 0 Å². The van der Waals surface area contributed by atoms with E-state index in [9.17, 15) is 26.3 Å². The van der Waals surface area contributed by atoms with Crippen molar-refractivity contribution in [2.24, 2.45) is 0 Å². The number of aryl methyl sites for hydroxylation is 2. The minimum absolute atomic E-state index is 0.928. The van der Waals surface area contributed by atoms with Crippen LogP contribution in [-0.2, 0) is 9.59 Å². The number of aliphatic carboxylic acids is 2. The van der Waals surface area contributed by atoms with Gasteiger partial charge in [-0.3, -0.25) is 4.98 Å². The van der Waals surface area contributed by atoms with Gasteiger partial charge in [-0.25, -0.2) is 14.6 Å². The summed E-state index contributed by atoms with van der Waals surface area (Å²) in [5.74, 6) is -4.59. The molecule has 3 aromatic rings. The third kappa shape index (κ3) is 7.95. The number of alkyl halides is 6. The highest BCUT2D eigenvalue weighted by Gasteiger charge is 2.38. The van der Waals surface area contributed by atoms with E-state index in [0.717, 1.165) is 33.7 Å². The minimum atomic E-state index is -5.08. The molecular weight excluding hydrogens is 436 g/mol. The van der Waals surface area contributed by atoms with Crippen LogP contribution in [0.1, 0.15) is 11.5 Å². The number of carbonyl (C=O) groups is 2. The number of fused-ring (bicyclic) bond motifs is 1. The second kappa shape index (κ2) is 9.91. The molecule has 2 aromatic heterocycles. The quantitative estimate of drug-likeness (QED) is 0.469. The lowest BCUT2D eigenvalue weighted by atomic mass is 10.1. The van der Waals surface area contributed by atoms with E-state index in [1.165, 1.54) is 0 Å². The van der Waals surface area contributed by atoms with Crippen molar-refractivity contribution in [2.45, 2.75) is 26.2 Å². The third-order valence-electron chi connectivity index (χ3n) is 3.35. The summed E-state index contributed by atoms with van der Waals surface area (Å²) in [4.78, 5) is 29.8. The molecule has 2 heterocycles. The van der Waals surface area contributed by atoms with Gasteiger partial charge in [0.1, 0.15) is 5.82 Å². The fraction of sp³-hybridized carbons (Fsp3) is 0.222. The summed E-state index contributed by atoms with van der Waals surface area (Å²) < 4.78 is 63.5. The Morgan fingerprint density at radius 1 is 0.903 bits per heavy atom. The van der Waals surface area contributed by atoms with Crippen LogP contribution in [0.25, 0.3) is 22.2 Å². The lowest BCUT2D eigenvalue weighted by Gasteiger charge is -2.04. The van der Waals surface area contributed by atoms with E-state index in [0.29, 0.717) is 0 Å². The van der Waals surface area contributed by atoms with Gasteiger partial charge >= 0.3 is 24.3 Å². The predicted molar refractivity (Wildman–Crippen MR) is 96.2 cm³/mol. The Bertz CT molecular complexity index is 1040. The van der Waals surface area contributed by atoms with Crippen LogP contribution in [0.3, 0.4) is 0 Å². The fourth-order valence-electron chi connectivity index (χ4n) is 2.05. The minimum Gasteiger partial charge on any atom is -0.475 e. The monoisotopic (exact) mass is 451 g/mol. The number of carboxylic acid groups (broad SMARTS) is 2. The molecule has 0 amide bonds. The SMILES string of the molecule is Cc1ccc2c(-c3cnc(C)[nH]3)cccc2n1.O=C(O)C(F)(F)F.O=C(O)C(F)(F)F. The van der Waals surface area contributed by atoms with Gasteiger partial charge < -0.3 is 15.2 Å². The summed E-state index contributed by atoms with van der Waals surface area (Å²) >= 11 is 0. The molecule has 0 spiro atoms. The smallest absolute Gasteiger partial charge is 0.475 e. The summed E-state index contributed by atoms with van der Waals surface area (Å²) in [6.45, 7) is 3.96. The molecule has 3 rings (SSSR count). The van der Waals surface area contributed by atoms with Crippen LogP contribution in [0.4, 0.5) is 26.3 Å². The van der Waals surface area contributed by atoms with Gasteiger partial charge in [-0.15, -0.1) is 0 Å². The summed E-state index contributed by atoms with van der Waals surface area (Å²) in [6, 6.07) is 10.3. The number of hydrogen-bond acceptors (Lipinski definition) is 4. The van der Waals surface area contributed by atoms with E-state index in [-0.39, 0.29) is 0 Å². The molecule has 0 radical (unpaired) electrons. The number of rotatable bonds is 1. The Morgan fingerprint density at radius 2 is 1.42 bits per heavy atom. The van der Waals surface area contributed by atoms with Gasteiger partial charge in [0, 0.05) is 16.6 Å². The van der Waals surface area contributed by atoms with Crippen LogP contribution < -0.4 is 0 Å². The maximum Gasteiger partial charge on any atom is 0.490 e. The Morgan fingerprint density at radius 3 is 1.84 bits per heavy atom. The standard InChI is InChI=1S/C14H13N3.2C2HF3O2/c1-9-6-7-12-11(4-3-5-13(12)16-9)14-8-15-10(2)17-14;2*3-2(4,5)1(6)7/h3-8H,1-2H3,(H,15,17);2*(H,6,7). The maximum absolute atomic E-state index is 10.6. The molecule has 0 bridgehead atoms. The zero-order valence-corrected chi connectivity index (χ0v) is 15.8. The van der Waals surface area contributed by atoms with E-state index in [4.69, 9.17) is 19.8 Å². The van der Waals surface area contributed by atoms with E-state index < -0.39 is 24.3 Å². The van der Waals surface area contributed by atoms with Crippen molar-refractivity contribution < 1.29 is 46.1 Å². The average molecular weight is 451 g/mol. The number of aromatic nitrogens is 3. The summed E-state index contributed by atoms with van der Waals surface area (Å²) in [5, 5.41) is 15.4. The fourth-order valence-corrected chi connectivity index (χ4v) is 2.05. The number of halogens is 6. The van der Waals surface area contributed by atoms with E-state index in [2.05, 4.69) is 27.1 Å². The number of H-pyrrole nitrogens is 1. The third-order valence-corrected chi connectivity index (χ3v) is 3.35. The van der Waals surface area contributed by atoms with E-state index in [1.807, 2.05) is 38.2 Å². The van der Waals surface area contributed by atoms with Crippen LogP contribution >= 0.6 is 0 Å². The molecule has 3 N–H and O–H groups in total. The highest BCUT2D eigenvalue weighted by atomic mass is 19.4. The van der Waals surface area contributed by atoms with Gasteiger partial charge in [0.2, 0.25) is 0 Å². The lowest BCUT2D eigenvalue weighted by Crippen LogP contribution is -2.21. The Kier molecular flexibility index (Phi) is 8.12. The van der Waals surface area contributed by atoms with Crippen molar-refractivity contribution in [1.29, 1.82) is 0 Å².